The second-order valence-electron chi connectivity index (χ2n) is 4.83. The first kappa shape index (κ1) is 11.2. The van der Waals surface area contributed by atoms with E-state index >= 15 is 0 Å². The van der Waals surface area contributed by atoms with E-state index in [9.17, 15) is 5.26 Å². The van der Waals surface area contributed by atoms with E-state index in [1.807, 2.05) is 7.05 Å². The molecule has 0 spiro atoms. The third-order valence-electron chi connectivity index (χ3n) is 3.72. The van der Waals surface area contributed by atoms with Crippen molar-refractivity contribution >= 4 is 0 Å². The molecule has 1 aromatic carbocycles. The van der Waals surface area contributed by atoms with Gasteiger partial charge in [-0.15, -0.1) is 0 Å². The Morgan fingerprint density at radius 1 is 1.31 bits per heavy atom. The third-order valence-corrected chi connectivity index (χ3v) is 3.72. The van der Waals surface area contributed by atoms with Crippen LogP contribution in [0.2, 0.25) is 0 Å². The Morgan fingerprint density at radius 2 is 2.00 bits per heavy atom. The first-order valence-electron chi connectivity index (χ1n) is 5.78. The lowest BCUT2D eigenvalue weighted by Gasteiger charge is -2.22. The van der Waals surface area contributed by atoms with Crippen molar-refractivity contribution in [3.05, 3.63) is 34.9 Å². The number of aryl methyl sites for hydroxylation is 2. The molecule has 2 heteroatoms. The highest BCUT2D eigenvalue weighted by Crippen LogP contribution is 2.54. The van der Waals surface area contributed by atoms with Crippen molar-refractivity contribution in [1.29, 1.82) is 5.26 Å². The molecule has 0 heterocycles. The molecule has 0 amide bonds. The van der Waals surface area contributed by atoms with E-state index < -0.39 is 0 Å². The number of hydrogen-bond acceptors (Lipinski definition) is 2. The fraction of sp³-hybridized carbons (Fsp3) is 0.500. The van der Waals surface area contributed by atoms with Crippen molar-refractivity contribution in [3.63, 3.8) is 0 Å². The van der Waals surface area contributed by atoms with Gasteiger partial charge in [-0.05, 0) is 50.4 Å². The smallest absolute Gasteiger partial charge is 0.0769 e. The van der Waals surface area contributed by atoms with Gasteiger partial charge in [-0.2, -0.15) is 5.26 Å². The molecule has 2 rings (SSSR count). The highest BCUT2D eigenvalue weighted by atomic mass is 14.9. The summed E-state index contributed by atoms with van der Waals surface area (Å²) < 4.78 is 0. The Kier molecular flexibility index (Phi) is 2.73. The lowest BCUT2D eigenvalue weighted by Crippen LogP contribution is -2.25. The molecule has 1 aromatic rings. The molecule has 0 saturated heterocycles. The number of nitrogens with one attached hydrogen (secondary N) is 1. The van der Waals surface area contributed by atoms with Gasteiger partial charge in [-0.1, -0.05) is 18.2 Å². The van der Waals surface area contributed by atoms with Crippen LogP contribution in [-0.2, 0) is 0 Å². The average molecular weight is 214 g/mol. The third kappa shape index (κ3) is 1.72. The predicted octanol–water partition coefficient (Wildman–Crippen LogP) is 2.87. The van der Waals surface area contributed by atoms with Crippen LogP contribution in [0.3, 0.4) is 0 Å². The minimum absolute atomic E-state index is 0.156. The summed E-state index contributed by atoms with van der Waals surface area (Å²) in [5.74, 6) is 0. The number of benzene rings is 1. The summed E-state index contributed by atoms with van der Waals surface area (Å²) in [6.07, 6.45) is 2.03. The zero-order chi connectivity index (χ0) is 11.8. The summed E-state index contributed by atoms with van der Waals surface area (Å²) >= 11 is 0. The summed E-state index contributed by atoms with van der Waals surface area (Å²) in [4.78, 5) is 0. The van der Waals surface area contributed by atoms with E-state index in [2.05, 4.69) is 43.4 Å². The normalized spacial score (nSPS) is 18.9. The maximum atomic E-state index is 9.25. The van der Waals surface area contributed by atoms with Crippen LogP contribution in [0.15, 0.2) is 18.2 Å². The molecule has 84 valence electrons. The van der Waals surface area contributed by atoms with Gasteiger partial charge < -0.3 is 5.32 Å². The van der Waals surface area contributed by atoms with Crippen molar-refractivity contribution < 1.29 is 0 Å². The van der Waals surface area contributed by atoms with Crippen LogP contribution in [0.5, 0.6) is 0 Å². The molecule has 1 unspecified atom stereocenters. The average Bonchev–Trinajstić information content (AvgIpc) is 3.05. The Hall–Kier alpha value is -1.33. The summed E-state index contributed by atoms with van der Waals surface area (Å²) in [6, 6.07) is 9.13. The molecular weight excluding hydrogens is 196 g/mol. The maximum Gasteiger partial charge on any atom is 0.0769 e. The lowest BCUT2D eigenvalue weighted by molar-refractivity contribution is 0.444. The molecular formula is C14H18N2. The van der Waals surface area contributed by atoms with Crippen LogP contribution >= 0.6 is 0 Å². The van der Waals surface area contributed by atoms with Crippen LogP contribution in [0.25, 0.3) is 0 Å². The van der Waals surface area contributed by atoms with E-state index in [0.29, 0.717) is 0 Å². The van der Waals surface area contributed by atoms with E-state index in [1.165, 1.54) is 16.7 Å². The van der Waals surface area contributed by atoms with Crippen molar-refractivity contribution in [2.45, 2.75) is 32.7 Å². The minimum Gasteiger partial charge on any atom is -0.312 e. The highest BCUT2D eigenvalue weighted by Gasteiger charge is 2.50. The van der Waals surface area contributed by atoms with Crippen LogP contribution < -0.4 is 5.32 Å². The van der Waals surface area contributed by atoms with Gasteiger partial charge in [0.15, 0.2) is 0 Å². The number of nitriles is 1. The minimum atomic E-state index is -0.156. The summed E-state index contributed by atoms with van der Waals surface area (Å²) in [7, 11) is 1.94. The van der Waals surface area contributed by atoms with Gasteiger partial charge in [0, 0.05) is 0 Å². The summed E-state index contributed by atoms with van der Waals surface area (Å²) in [5, 5.41) is 12.5. The monoisotopic (exact) mass is 214 g/mol. The Bertz CT molecular complexity index is 439. The van der Waals surface area contributed by atoms with E-state index in [-0.39, 0.29) is 11.5 Å². The van der Waals surface area contributed by atoms with Gasteiger partial charge in [0.25, 0.3) is 0 Å². The molecule has 2 nitrogen and oxygen atoms in total. The van der Waals surface area contributed by atoms with Crippen molar-refractivity contribution in [2.75, 3.05) is 7.05 Å². The second-order valence-corrected chi connectivity index (χ2v) is 4.83. The SMILES string of the molecule is CNC(c1ccc(C)c(C)c1)C1(C#N)CC1. The Balaban J connectivity index is 2.35. The van der Waals surface area contributed by atoms with Crippen LogP contribution in [0.1, 0.15) is 35.6 Å². The van der Waals surface area contributed by atoms with Gasteiger partial charge in [-0.3, -0.25) is 0 Å². The molecule has 1 fully saturated rings. The molecule has 1 saturated carbocycles. The largest absolute Gasteiger partial charge is 0.312 e. The topological polar surface area (TPSA) is 35.8 Å². The lowest BCUT2D eigenvalue weighted by atomic mass is 9.90. The fourth-order valence-corrected chi connectivity index (χ4v) is 2.31. The molecule has 0 bridgehead atoms. The fourth-order valence-electron chi connectivity index (χ4n) is 2.31. The molecule has 16 heavy (non-hydrogen) atoms. The zero-order valence-corrected chi connectivity index (χ0v) is 10.2. The van der Waals surface area contributed by atoms with Gasteiger partial charge in [0.1, 0.15) is 0 Å². The van der Waals surface area contributed by atoms with E-state index in [1.54, 1.807) is 0 Å². The van der Waals surface area contributed by atoms with Gasteiger partial charge in [0.2, 0.25) is 0 Å². The summed E-state index contributed by atoms with van der Waals surface area (Å²) in [5.41, 5.74) is 3.69. The van der Waals surface area contributed by atoms with Crippen molar-refractivity contribution in [1.82, 2.24) is 5.32 Å². The van der Waals surface area contributed by atoms with Crippen molar-refractivity contribution in [2.24, 2.45) is 5.41 Å². The van der Waals surface area contributed by atoms with Crippen LogP contribution in [0.4, 0.5) is 0 Å². The van der Waals surface area contributed by atoms with Gasteiger partial charge in [0.05, 0.1) is 17.5 Å². The number of rotatable bonds is 3. The molecule has 0 radical (unpaired) electrons. The van der Waals surface area contributed by atoms with Gasteiger partial charge >= 0.3 is 0 Å². The number of hydrogen-bond donors (Lipinski definition) is 1. The zero-order valence-electron chi connectivity index (χ0n) is 10.2. The van der Waals surface area contributed by atoms with E-state index in [4.69, 9.17) is 0 Å². The first-order chi connectivity index (χ1) is 7.63. The molecule has 1 aliphatic rings. The first-order valence-corrected chi connectivity index (χ1v) is 5.78. The maximum absolute atomic E-state index is 9.25. The van der Waals surface area contributed by atoms with Crippen LogP contribution in [0, 0.1) is 30.6 Å². The second kappa shape index (κ2) is 3.92. The molecule has 1 atom stereocenters. The summed E-state index contributed by atoms with van der Waals surface area (Å²) in [6.45, 7) is 4.24. The number of nitrogens with zero attached hydrogens (tertiary/aromatic N) is 1. The van der Waals surface area contributed by atoms with Crippen LogP contribution in [-0.4, -0.2) is 7.05 Å². The molecule has 0 aromatic heterocycles. The molecule has 0 aliphatic heterocycles. The standard InChI is InChI=1S/C14H18N2/c1-10-4-5-12(8-11(10)2)13(16-3)14(9-15)6-7-14/h4-5,8,13,16H,6-7H2,1-3H3. The molecule has 1 aliphatic carbocycles. The quantitative estimate of drug-likeness (QED) is 0.839. The molecule has 1 N–H and O–H groups in total. The Labute approximate surface area is 97.3 Å². The van der Waals surface area contributed by atoms with Gasteiger partial charge in [-0.25, -0.2) is 0 Å². The van der Waals surface area contributed by atoms with Crippen molar-refractivity contribution in [3.8, 4) is 6.07 Å². The highest BCUT2D eigenvalue weighted by molar-refractivity contribution is 5.35. The Morgan fingerprint density at radius 3 is 2.44 bits per heavy atom. The predicted molar refractivity (Wildman–Crippen MR) is 65.0 cm³/mol. The van der Waals surface area contributed by atoms with E-state index in [0.717, 1.165) is 12.8 Å².